The molecule has 1 fully saturated rings. The minimum absolute atomic E-state index is 0.0613. The predicted octanol–water partition coefficient (Wildman–Crippen LogP) is 1.38. The van der Waals surface area contributed by atoms with Crippen molar-refractivity contribution < 1.29 is 4.79 Å². The van der Waals surface area contributed by atoms with Gasteiger partial charge in [-0.15, -0.1) is 11.6 Å². The van der Waals surface area contributed by atoms with Gasteiger partial charge in [-0.25, -0.2) is 9.97 Å². The van der Waals surface area contributed by atoms with Crippen molar-refractivity contribution in [3.8, 4) is 0 Å². The van der Waals surface area contributed by atoms with Crippen LogP contribution in [0.5, 0.6) is 0 Å². The van der Waals surface area contributed by atoms with Crippen LogP contribution in [-0.4, -0.2) is 28.3 Å². The highest BCUT2D eigenvalue weighted by Gasteiger charge is 2.31. The summed E-state index contributed by atoms with van der Waals surface area (Å²) in [6.45, 7) is 2.51. The molecule has 0 aromatic carbocycles. The van der Waals surface area contributed by atoms with Gasteiger partial charge in [0.15, 0.2) is 0 Å². The minimum Gasteiger partial charge on any atom is -0.280 e. The molecule has 15 heavy (non-hydrogen) atoms. The molecule has 1 aliphatic heterocycles. The summed E-state index contributed by atoms with van der Waals surface area (Å²) in [5.74, 6) is 1.29. The van der Waals surface area contributed by atoms with Crippen LogP contribution in [0.2, 0.25) is 0 Å². The number of rotatable bonds is 2. The molecule has 0 aliphatic carbocycles. The van der Waals surface area contributed by atoms with E-state index in [-0.39, 0.29) is 11.8 Å². The first-order chi connectivity index (χ1) is 7.20. The fraction of sp³-hybridized carbons (Fsp3) is 0.500. The van der Waals surface area contributed by atoms with Gasteiger partial charge in [-0.1, -0.05) is 0 Å². The molecule has 2 heterocycles. The van der Waals surface area contributed by atoms with Crippen molar-refractivity contribution in [1.82, 2.24) is 9.97 Å². The van der Waals surface area contributed by atoms with Crippen LogP contribution in [0.1, 0.15) is 12.1 Å². The maximum absolute atomic E-state index is 11.6. The number of anilines is 1. The van der Waals surface area contributed by atoms with E-state index >= 15 is 0 Å². The molecule has 1 aromatic rings. The fourth-order valence-corrected chi connectivity index (χ4v) is 1.85. The lowest BCUT2D eigenvalue weighted by atomic mass is 10.2. The third-order valence-corrected chi connectivity index (χ3v) is 2.88. The Labute approximate surface area is 93.3 Å². The molecule has 1 aromatic heterocycles. The Balaban J connectivity index is 2.21. The summed E-state index contributed by atoms with van der Waals surface area (Å²) in [6, 6.07) is 1.81. The van der Waals surface area contributed by atoms with Crippen LogP contribution in [0.25, 0.3) is 0 Å². The molecule has 0 bridgehead atoms. The van der Waals surface area contributed by atoms with E-state index in [0.29, 0.717) is 24.8 Å². The molecule has 0 spiro atoms. The normalized spacial score (nSPS) is 21.1. The van der Waals surface area contributed by atoms with E-state index < -0.39 is 0 Å². The minimum atomic E-state index is 0.0613. The molecule has 1 aliphatic rings. The third-order valence-electron chi connectivity index (χ3n) is 2.45. The van der Waals surface area contributed by atoms with E-state index in [0.717, 1.165) is 5.69 Å². The van der Waals surface area contributed by atoms with Gasteiger partial charge >= 0.3 is 0 Å². The number of carbonyl (C=O) groups is 1. The number of hydrogen-bond acceptors (Lipinski definition) is 3. The predicted molar refractivity (Wildman–Crippen MR) is 57.9 cm³/mol. The molecular formula is C10H12ClN3O. The molecule has 4 nitrogen and oxygen atoms in total. The molecule has 1 atom stereocenters. The summed E-state index contributed by atoms with van der Waals surface area (Å²) in [5.41, 5.74) is 0.863. The number of nitrogens with zero attached hydrogens (tertiary/aromatic N) is 3. The largest absolute Gasteiger partial charge is 0.280 e. The maximum Gasteiger partial charge on any atom is 0.232 e. The highest BCUT2D eigenvalue weighted by molar-refractivity contribution is 6.18. The van der Waals surface area contributed by atoms with E-state index in [1.807, 2.05) is 13.0 Å². The van der Waals surface area contributed by atoms with Crippen molar-refractivity contribution in [1.29, 1.82) is 0 Å². The molecule has 2 rings (SSSR count). The van der Waals surface area contributed by atoms with Crippen molar-refractivity contribution >= 4 is 23.5 Å². The van der Waals surface area contributed by atoms with Crippen molar-refractivity contribution in [2.24, 2.45) is 5.92 Å². The summed E-state index contributed by atoms with van der Waals surface area (Å²) >= 11 is 5.74. The number of hydrogen-bond donors (Lipinski definition) is 0. The lowest BCUT2D eigenvalue weighted by Gasteiger charge is -2.13. The first-order valence-corrected chi connectivity index (χ1v) is 5.40. The monoisotopic (exact) mass is 225 g/mol. The Morgan fingerprint density at radius 3 is 3.07 bits per heavy atom. The first kappa shape index (κ1) is 10.4. The molecule has 0 N–H and O–H groups in total. The number of aromatic nitrogens is 2. The van der Waals surface area contributed by atoms with Gasteiger partial charge in [-0.05, 0) is 18.9 Å². The van der Waals surface area contributed by atoms with Crippen molar-refractivity contribution in [2.75, 3.05) is 17.3 Å². The Kier molecular flexibility index (Phi) is 2.86. The molecule has 80 valence electrons. The van der Waals surface area contributed by atoms with E-state index in [2.05, 4.69) is 9.97 Å². The third kappa shape index (κ3) is 2.09. The SMILES string of the molecule is Cc1ccnc(N2CC(CCl)CC2=O)n1. The maximum atomic E-state index is 11.6. The number of amides is 1. The van der Waals surface area contributed by atoms with Gasteiger partial charge in [0.1, 0.15) is 0 Å². The highest BCUT2D eigenvalue weighted by atomic mass is 35.5. The second-order valence-electron chi connectivity index (χ2n) is 3.73. The van der Waals surface area contributed by atoms with Crippen molar-refractivity contribution in [2.45, 2.75) is 13.3 Å². The smallest absolute Gasteiger partial charge is 0.232 e. The van der Waals surface area contributed by atoms with Crippen LogP contribution in [0.15, 0.2) is 12.3 Å². The van der Waals surface area contributed by atoms with Gasteiger partial charge in [-0.3, -0.25) is 9.69 Å². The zero-order chi connectivity index (χ0) is 10.8. The second kappa shape index (κ2) is 4.14. The summed E-state index contributed by atoms with van der Waals surface area (Å²) < 4.78 is 0. The van der Waals surface area contributed by atoms with Crippen LogP contribution in [0.4, 0.5) is 5.95 Å². The van der Waals surface area contributed by atoms with Crippen molar-refractivity contribution in [3.05, 3.63) is 18.0 Å². The number of halogens is 1. The van der Waals surface area contributed by atoms with E-state index in [4.69, 9.17) is 11.6 Å². The first-order valence-electron chi connectivity index (χ1n) is 4.86. The van der Waals surface area contributed by atoms with E-state index in [9.17, 15) is 4.79 Å². The Bertz CT molecular complexity index is 383. The summed E-state index contributed by atoms with van der Waals surface area (Å²) in [6.07, 6.45) is 2.17. The van der Waals surface area contributed by atoms with Crippen LogP contribution in [0.3, 0.4) is 0 Å². The van der Waals surface area contributed by atoms with Crippen LogP contribution in [0, 0.1) is 12.8 Å². The van der Waals surface area contributed by atoms with Crippen LogP contribution >= 0.6 is 11.6 Å². The van der Waals surface area contributed by atoms with Gasteiger partial charge in [0, 0.05) is 30.7 Å². The summed E-state index contributed by atoms with van der Waals surface area (Å²) in [5, 5.41) is 0. The Hall–Kier alpha value is -1.16. The quantitative estimate of drug-likeness (QED) is 0.715. The van der Waals surface area contributed by atoms with E-state index in [1.54, 1.807) is 11.1 Å². The molecule has 1 saturated heterocycles. The number of carbonyl (C=O) groups excluding carboxylic acids is 1. The van der Waals surface area contributed by atoms with Gasteiger partial charge < -0.3 is 0 Å². The lowest BCUT2D eigenvalue weighted by molar-refractivity contribution is -0.117. The average molecular weight is 226 g/mol. The van der Waals surface area contributed by atoms with Gasteiger partial charge in [-0.2, -0.15) is 0 Å². The zero-order valence-corrected chi connectivity index (χ0v) is 9.24. The molecule has 5 heteroatoms. The molecule has 1 unspecified atom stereocenters. The van der Waals surface area contributed by atoms with E-state index in [1.165, 1.54) is 0 Å². The molecular weight excluding hydrogens is 214 g/mol. The zero-order valence-electron chi connectivity index (χ0n) is 8.48. The van der Waals surface area contributed by atoms with Crippen molar-refractivity contribution in [3.63, 3.8) is 0 Å². The number of aryl methyl sites for hydroxylation is 1. The number of alkyl halides is 1. The lowest BCUT2D eigenvalue weighted by Crippen LogP contribution is -2.26. The van der Waals surface area contributed by atoms with Gasteiger partial charge in [0.2, 0.25) is 11.9 Å². The summed E-state index contributed by atoms with van der Waals surface area (Å²) in [7, 11) is 0. The molecule has 1 amide bonds. The van der Waals surface area contributed by atoms with Crippen LogP contribution < -0.4 is 4.90 Å². The Morgan fingerprint density at radius 2 is 2.47 bits per heavy atom. The highest BCUT2D eigenvalue weighted by Crippen LogP contribution is 2.22. The summed E-state index contributed by atoms with van der Waals surface area (Å²) in [4.78, 5) is 21.6. The molecule has 0 saturated carbocycles. The fourth-order valence-electron chi connectivity index (χ4n) is 1.64. The second-order valence-corrected chi connectivity index (χ2v) is 4.04. The van der Waals surface area contributed by atoms with Gasteiger partial charge in [0.05, 0.1) is 0 Å². The van der Waals surface area contributed by atoms with Gasteiger partial charge in [0.25, 0.3) is 0 Å². The average Bonchev–Trinajstić information content (AvgIpc) is 2.60. The Morgan fingerprint density at radius 1 is 1.67 bits per heavy atom. The topological polar surface area (TPSA) is 46.1 Å². The standard InChI is InChI=1S/C10H12ClN3O/c1-7-2-3-12-10(13-7)14-6-8(5-11)4-9(14)15/h2-3,8H,4-6H2,1H3. The molecule has 0 radical (unpaired) electrons. The van der Waals surface area contributed by atoms with Crippen LogP contribution in [-0.2, 0) is 4.79 Å².